The number of halogens is 1. The molecule has 102 valence electrons. The zero-order valence-electron chi connectivity index (χ0n) is 10.7. The van der Waals surface area contributed by atoms with Crippen LogP contribution >= 0.6 is 11.6 Å². The average Bonchev–Trinajstić information content (AvgIpc) is 2.48. The predicted molar refractivity (Wildman–Crippen MR) is 77.3 cm³/mol. The van der Waals surface area contributed by atoms with E-state index in [1.807, 2.05) is 24.3 Å². The number of carbonyl (C=O) groups excluding carboxylic acids is 1. The van der Waals surface area contributed by atoms with Gasteiger partial charge in [-0.3, -0.25) is 4.79 Å². The second-order valence-electron chi connectivity index (χ2n) is 4.68. The molecule has 0 spiro atoms. The number of hydrogen-bond acceptors (Lipinski definition) is 4. The molecular weight excluding hydrogens is 276 g/mol. The van der Waals surface area contributed by atoms with E-state index in [1.54, 1.807) is 6.07 Å². The van der Waals surface area contributed by atoms with E-state index < -0.39 is 0 Å². The molecule has 1 atom stereocenters. The Hall–Kier alpha value is -2.07. The number of nitrogen functional groups attached to an aromatic ring is 1. The molecule has 0 radical (unpaired) electrons. The third-order valence-corrected chi connectivity index (χ3v) is 3.63. The monoisotopic (exact) mass is 288 g/mol. The van der Waals surface area contributed by atoms with Gasteiger partial charge in [0, 0.05) is 11.8 Å². The van der Waals surface area contributed by atoms with Crippen LogP contribution in [0.15, 0.2) is 36.5 Å². The van der Waals surface area contributed by atoms with Gasteiger partial charge in [-0.15, -0.1) is 0 Å². The summed E-state index contributed by atoms with van der Waals surface area (Å²) >= 11 is 5.91. The van der Waals surface area contributed by atoms with Gasteiger partial charge in [-0.1, -0.05) is 29.8 Å². The van der Waals surface area contributed by atoms with Crippen LogP contribution in [0.3, 0.4) is 0 Å². The van der Waals surface area contributed by atoms with Crippen LogP contribution < -0.4 is 10.5 Å². The summed E-state index contributed by atoms with van der Waals surface area (Å²) in [6.07, 6.45) is 2.06. The fourth-order valence-corrected chi connectivity index (χ4v) is 2.61. The van der Waals surface area contributed by atoms with E-state index in [0.717, 1.165) is 11.3 Å². The van der Waals surface area contributed by atoms with Crippen molar-refractivity contribution < 1.29 is 9.53 Å². The molecule has 1 aliphatic rings. The smallest absolute Gasteiger partial charge is 0.174 e. The van der Waals surface area contributed by atoms with Crippen molar-refractivity contribution >= 4 is 23.2 Å². The second-order valence-corrected chi connectivity index (χ2v) is 5.11. The van der Waals surface area contributed by atoms with Gasteiger partial charge in [-0.25, -0.2) is 4.98 Å². The fraction of sp³-hybridized carbons (Fsp3) is 0.200. The number of pyridine rings is 1. The highest BCUT2D eigenvalue weighted by Crippen LogP contribution is 2.36. The van der Waals surface area contributed by atoms with Crippen molar-refractivity contribution in [2.75, 3.05) is 12.3 Å². The van der Waals surface area contributed by atoms with E-state index in [9.17, 15) is 4.79 Å². The van der Waals surface area contributed by atoms with Crippen molar-refractivity contribution in [2.45, 2.75) is 12.3 Å². The van der Waals surface area contributed by atoms with Crippen LogP contribution in [0.1, 0.15) is 28.3 Å². The highest BCUT2D eigenvalue weighted by atomic mass is 35.5. The van der Waals surface area contributed by atoms with Crippen molar-refractivity contribution in [2.24, 2.45) is 0 Å². The number of fused-ring (bicyclic) bond motifs is 1. The molecular formula is C15H13ClN2O2. The lowest BCUT2D eigenvalue weighted by Crippen LogP contribution is -2.22. The predicted octanol–water partition coefficient (Wildman–Crippen LogP) is 3.07. The number of benzene rings is 1. The van der Waals surface area contributed by atoms with Crippen LogP contribution in [0.25, 0.3) is 0 Å². The molecule has 1 aromatic heterocycles. The number of anilines is 1. The van der Waals surface area contributed by atoms with Crippen molar-refractivity contribution in [1.29, 1.82) is 0 Å². The number of ketones is 1. The maximum atomic E-state index is 12.7. The van der Waals surface area contributed by atoms with Gasteiger partial charge in [-0.2, -0.15) is 0 Å². The zero-order chi connectivity index (χ0) is 14.1. The molecule has 0 aliphatic carbocycles. The summed E-state index contributed by atoms with van der Waals surface area (Å²) in [5, 5.41) is 0.405. The third-order valence-electron chi connectivity index (χ3n) is 3.43. The highest BCUT2D eigenvalue weighted by Gasteiger charge is 2.29. The SMILES string of the molecule is Nc1ncc(Cl)cc1C(=O)C1CCOc2ccccc21. The van der Waals surface area contributed by atoms with Crippen molar-refractivity contribution in [3.8, 4) is 5.75 Å². The molecule has 4 nitrogen and oxygen atoms in total. The van der Waals surface area contributed by atoms with E-state index in [1.165, 1.54) is 6.20 Å². The lowest BCUT2D eigenvalue weighted by molar-refractivity contribution is 0.0933. The molecule has 0 bridgehead atoms. The van der Waals surface area contributed by atoms with Crippen LogP contribution in [0.5, 0.6) is 5.75 Å². The van der Waals surface area contributed by atoms with Gasteiger partial charge in [0.05, 0.1) is 23.1 Å². The third kappa shape index (κ3) is 2.23. The first-order valence-electron chi connectivity index (χ1n) is 6.34. The standard InChI is InChI=1S/C15H13ClN2O2/c16-9-7-12(15(17)18-8-9)14(19)11-5-6-20-13-4-2-1-3-10(11)13/h1-4,7-8,11H,5-6H2,(H2,17,18). The fourth-order valence-electron chi connectivity index (χ4n) is 2.45. The number of nitrogens with two attached hydrogens (primary N) is 1. The summed E-state index contributed by atoms with van der Waals surface area (Å²) in [5.41, 5.74) is 7.06. The van der Waals surface area contributed by atoms with Crippen molar-refractivity contribution in [1.82, 2.24) is 4.98 Å². The Morgan fingerprint density at radius 3 is 3.05 bits per heavy atom. The minimum Gasteiger partial charge on any atom is -0.493 e. The van der Waals surface area contributed by atoms with E-state index in [4.69, 9.17) is 22.1 Å². The van der Waals surface area contributed by atoms with Gasteiger partial charge >= 0.3 is 0 Å². The number of nitrogens with zero attached hydrogens (tertiary/aromatic N) is 1. The summed E-state index contributed by atoms with van der Waals surface area (Å²) in [4.78, 5) is 16.6. The minimum absolute atomic E-state index is 0.0618. The number of ether oxygens (including phenoxy) is 1. The lowest BCUT2D eigenvalue weighted by atomic mass is 9.86. The topological polar surface area (TPSA) is 65.2 Å². The molecule has 1 aromatic carbocycles. The van der Waals surface area contributed by atoms with E-state index in [-0.39, 0.29) is 17.5 Å². The average molecular weight is 289 g/mol. The van der Waals surface area contributed by atoms with Crippen LogP contribution in [-0.2, 0) is 0 Å². The van der Waals surface area contributed by atoms with Gasteiger partial charge in [-0.05, 0) is 18.6 Å². The molecule has 0 saturated heterocycles. The summed E-state index contributed by atoms with van der Waals surface area (Å²) < 4.78 is 5.57. The number of carbonyl (C=O) groups is 1. The summed E-state index contributed by atoms with van der Waals surface area (Å²) in [6, 6.07) is 9.14. The molecule has 20 heavy (non-hydrogen) atoms. The summed E-state index contributed by atoms with van der Waals surface area (Å²) in [5.74, 6) is 0.643. The largest absolute Gasteiger partial charge is 0.493 e. The van der Waals surface area contributed by atoms with Crippen LogP contribution in [0, 0.1) is 0 Å². The summed E-state index contributed by atoms with van der Waals surface area (Å²) in [6.45, 7) is 0.515. The molecule has 3 rings (SSSR count). The van der Waals surface area contributed by atoms with Gasteiger partial charge in [0.1, 0.15) is 11.6 Å². The Morgan fingerprint density at radius 2 is 2.20 bits per heavy atom. The maximum Gasteiger partial charge on any atom is 0.174 e. The molecule has 1 unspecified atom stereocenters. The highest BCUT2D eigenvalue weighted by molar-refractivity contribution is 6.31. The number of para-hydroxylation sites is 1. The minimum atomic E-state index is -0.262. The Labute approximate surface area is 121 Å². The number of aromatic nitrogens is 1. The molecule has 1 aliphatic heterocycles. The van der Waals surface area contributed by atoms with Crippen LogP contribution in [0.2, 0.25) is 5.02 Å². The van der Waals surface area contributed by atoms with Crippen LogP contribution in [-0.4, -0.2) is 17.4 Å². The second kappa shape index (κ2) is 5.13. The first kappa shape index (κ1) is 12.9. The number of Topliss-reactive ketones (excluding diaryl/α,β-unsaturated/α-hetero) is 1. The molecule has 0 saturated carbocycles. The van der Waals surface area contributed by atoms with E-state index in [0.29, 0.717) is 23.6 Å². The summed E-state index contributed by atoms with van der Waals surface area (Å²) in [7, 11) is 0. The lowest BCUT2D eigenvalue weighted by Gasteiger charge is -2.25. The molecule has 0 fully saturated rings. The van der Waals surface area contributed by atoms with E-state index >= 15 is 0 Å². The maximum absolute atomic E-state index is 12.7. The number of rotatable bonds is 2. The molecule has 5 heteroatoms. The Kier molecular flexibility index (Phi) is 3.32. The Bertz CT molecular complexity index is 673. The first-order chi connectivity index (χ1) is 9.66. The van der Waals surface area contributed by atoms with Crippen LogP contribution in [0.4, 0.5) is 5.82 Å². The van der Waals surface area contributed by atoms with E-state index in [2.05, 4.69) is 4.98 Å². The number of hydrogen-bond donors (Lipinski definition) is 1. The zero-order valence-corrected chi connectivity index (χ0v) is 11.4. The van der Waals surface area contributed by atoms with Gasteiger partial charge in [0.15, 0.2) is 5.78 Å². The van der Waals surface area contributed by atoms with Crippen molar-refractivity contribution in [3.63, 3.8) is 0 Å². The molecule has 2 aromatic rings. The van der Waals surface area contributed by atoms with Gasteiger partial charge in [0.2, 0.25) is 0 Å². The van der Waals surface area contributed by atoms with Gasteiger partial charge < -0.3 is 10.5 Å². The Morgan fingerprint density at radius 1 is 1.40 bits per heavy atom. The quantitative estimate of drug-likeness (QED) is 0.863. The van der Waals surface area contributed by atoms with Crippen molar-refractivity contribution in [3.05, 3.63) is 52.7 Å². The first-order valence-corrected chi connectivity index (χ1v) is 6.71. The van der Waals surface area contributed by atoms with Gasteiger partial charge in [0.25, 0.3) is 0 Å². The normalized spacial score (nSPS) is 17.1. The molecule has 2 heterocycles. The molecule has 2 N–H and O–H groups in total. The molecule has 0 amide bonds. The Balaban J connectivity index is 2.02.